The molecular formula is C12H12Cl2N2O4. The van der Waals surface area contributed by atoms with Crippen LogP contribution in [0, 0.1) is 0 Å². The number of ether oxygens (including phenoxy) is 1. The Bertz CT molecular complexity index is 648. The smallest absolute Gasteiger partial charge is 0.164 e. The molecule has 1 unspecified atom stereocenters. The predicted molar refractivity (Wildman–Crippen MR) is 72.8 cm³/mol. The number of hydrogen-bond acceptors (Lipinski definition) is 5. The molecule has 1 aromatic heterocycles. The molecular weight excluding hydrogens is 307 g/mol. The van der Waals surface area contributed by atoms with Crippen molar-refractivity contribution in [2.75, 3.05) is 6.61 Å². The number of rotatable bonds is 2. The molecule has 1 saturated heterocycles. The van der Waals surface area contributed by atoms with Crippen LogP contribution in [0.15, 0.2) is 18.5 Å². The number of benzene rings is 1. The average molecular weight is 319 g/mol. The highest BCUT2D eigenvalue weighted by atomic mass is 35.5. The van der Waals surface area contributed by atoms with Crippen LogP contribution in [0.1, 0.15) is 6.23 Å². The highest BCUT2D eigenvalue weighted by molar-refractivity contribution is 6.42. The van der Waals surface area contributed by atoms with Gasteiger partial charge in [-0.2, -0.15) is 0 Å². The van der Waals surface area contributed by atoms with Crippen molar-refractivity contribution in [3.05, 3.63) is 28.5 Å². The molecule has 2 heterocycles. The lowest BCUT2D eigenvalue weighted by Gasteiger charge is -2.17. The largest absolute Gasteiger partial charge is 0.394 e. The first-order chi connectivity index (χ1) is 9.52. The lowest BCUT2D eigenvalue weighted by atomic mass is 10.1. The Hall–Kier alpha value is -0.890. The summed E-state index contributed by atoms with van der Waals surface area (Å²) in [4.78, 5) is 4.16. The summed E-state index contributed by atoms with van der Waals surface area (Å²) in [6, 6.07) is 3.22. The van der Waals surface area contributed by atoms with E-state index >= 15 is 0 Å². The molecule has 6 nitrogen and oxygen atoms in total. The summed E-state index contributed by atoms with van der Waals surface area (Å²) in [5, 5.41) is 29.6. The number of halogens is 2. The summed E-state index contributed by atoms with van der Waals surface area (Å²) in [5.41, 5.74) is 1.21. The molecule has 20 heavy (non-hydrogen) atoms. The van der Waals surface area contributed by atoms with Gasteiger partial charge in [0.1, 0.15) is 18.3 Å². The van der Waals surface area contributed by atoms with Gasteiger partial charge in [0.05, 0.1) is 34.0 Å². The van der Waals surface area contributed by atoms with Crippen molar-refractivity contribution >= 4 is 34.2 Å². The standard InChI is InChI=1S/C12H12Cl2N2O4/c13-5-1-7-8(2-6(5)14)16(4-15-7)12-11(19)10(18)9(3-17)20-12/h1-2,4,9-12,17-19H,3H2/t9-,10?,11+,12-/m0/s1. The molecule has 0 bridgehead atoms. The first-order valence-electron chi connectivity index (χ1n) is 5.97. The zero-order chi connectivity index (χ0) is 14.4. The van der Waals surface area contributed by atoms with E-state index in [9.17, 15) is 10.2 Å². The van der Waals surface area contributed by atoms with Crippen LogP contribution in [0.2, 0.25) is 10.0 Å². The van der Waals surface area contributed by atoms with Gasteiger partial charge < -0.3 is 24.6 Å². The van der Waals surface area contributed by atoms with Gasteiger partial charge in [-0.05, 0) is 12.1 Å². The molecule has 1 aliphatic heterocycles. The van der Waals surface area contributed by atoms with Gasteiger partial charge >= 0.3 is 0 Å². The Kier molecular flexibility index (Phi) is 3.62. The topological polar surface area (TPSA) is 87.7 Å². The van der Waals surface area contributed by atoms with Crippen LogP contribution < -0.4 is 0 Å². The van der Waals surface area contributed by atoms with E-state index in [-0.39, 0.29) is 6.61 Å². The third kappa shape index (κ3) is 2.09. The summed E-state index contributed by atoms with van der Waals surface area (Å²) in [6.45, 7) is -0.381. The van der Waals surface area contributed by atoms with Crippen LogP contribution in [0.25, 0.3) is 11.0 Å². The molecule has 1 fully saturated rings. The zero-order valence-electron chi connectivity index (χ0n) is 10.1. The second kappa shape index (κ2) is 5.14. The summed E-state index contributed by atoms with van der Waals surface area (Å²) in [7, 11) is 0. The van der Waals surface area contributed by atoms with Crippen LogP contribution >= 0.6 is 23.2 Å². The summed E-state index contributed by atoms with van der Waals surface area (Å²) >= 11 is 11.9. The molecule has 108 valence electrons. The SMILES string of the molecule is OC[C@@H]1O[C@H](n2cnc3cc(Cl)c(Cl)cc32)[C@H](O)C1O. The molecule has 0 saturated carbocycles. The number of hydrogen-bond donors (Lipinski definition) is 3. The van der Waals surface area contributed by atoms with E-state index in [1.54, 1.807) is 16.7 Å². The van der Waals surface area contributed by atoms with Gasteiger partial charge in [-0.25, -0.2) is 4.98 Å². The lowest BCUT2D eigenvalue weighted by molar-refractivity contribution is -0.0508. The van der Waals surface area contributed by atoms with Crippen molar-refractivity contribution in [2.45, 2.75) is 24.5 Å². The Morgan fingerprint density at radius 1 is 1.20 bits per heavy atom. The maximum atomic E-state index is 10.0. The lowest BCUT2D eigenvalue weighted by Crippen LogP contribution is -2.33. The van der Waals surface area contributed by atoms with Gasteiger partial charge in [-0.1, -0.05) is 23.2 Å². The fourth-order valence-corrected chi connectivity index (χ4v) is 2.65. The number of aromatic nitrogens is 2. The molecule has 8 heteroatoms. The minimum absolute atomic E-state index is 0.354. The van der Waals surface area contributed by atoms with Crippen molar-refractivity contribution in [1.82, 2.24) is 9.55 Å². The molecule has 0 aliphatic carbocycles. The molecule has 1 aromatic carbocycles. The molecule has 0 radical (unpaired) electrons. The van der Waals surface area contributed by atoms with Crippen molar-refractivity contribution in [3.8, 4) is 0 Å². The second-order valence-electron chi connectivity index (χ2n) is 4.64. The van der Waals surface area contributed by atoms with Gasteiger partial charge in [0.15, 0.2) is 6.23 Å². The molecule has 0 amide bonds. The molecule has 3 rings (SSSR count). The maximum absolute atomic E-state index is 10.0. The van der Waals surface area contributed by atoms with Crippen molar-refractivity contribution in [3.63, 3.8) is 0 Å². The van der Waals surface area contributed by atoms with Crippen LogP contribution in [-0.2, 0) is 4.74 Å². The predicted octanol–water partition coefficient (Wildman–Crippen LogP) is 0.955. The Morgan fingerprint density at radius 2 is 1.90 bits per heavy atom. The van der Waals surface area contributed by atoms with Crippen LogP contribution in [0.4, 0.5) is 0 Å². The summed E-state index contributed by atoms with van der Waals surface area (Å²) < 4.78 is 7.01. The van der Waals surface area contributed by atoms with Gasteiger partial charge in [0.2, 0.25) is 0 Å². The van der Waals surface area contributed by atoms with Crippen molar-refractivity contribution < 1.29 is 20.1 Å². The molecule has 3 N–H and O–H groups in total. The monoisotopic (exact) mass is 318 g/mol. The first kappa shape index (κ1) is 14.1. The fraction of sp³-hybridized carbons (Fsp3) is 0.417. The van der Waals surface area contributed by atoms with E-state index in [0.29, 0.717) is 21.1 Å². The van der Waals surface area contributed by atoms with E-state index < -0.39 is 24.5 Å². The third-order valence-electron chi connectivity index (χ3n) is 3.41. The molecule has 0 spiro atoms. The van der Waals surface area contributed by atoms with Crippen LogP contribution in [0.5, 0.6) is 0 Å². The van der Waals surface area contributed by atoms with E-state index in [1.165, 1.54) is 6.33 Å². The highest BCUT2D eigenvalue weighted by Gasteiger charge is 2.43. The van der Waals surface area contributed by atoms with Gasteiger partial charge in [-0.3, -0.25) is 0 Å². The zero-order valence-corrected chi connectivity index (χ0v) is 11.7. The number of fused-ring (bicyclic) bond motifs is 1. The summed E-state index contributed by atoms with van der Waals surface area (Å²) in [5.74, 6) is 0. The highest BCUT2D eigenvalue weighted by Crippen LogP contribution is 2.34. The van der Waals surface area contributed by atoms with Crippen molar-refractivity contribution in [2.24, 2.45) is 0 Å². The van der Waals surface area contributed by atoms with Crippen LogP contribution in [0.3, 0.4) is 0 Å². The van der Waals surface area contributed by atoms with Gasteiger partial charge in [0.25, 0.3) is 0 Å². The first-order valence-corrected chi connectivity index (χ1v) is 6.72. The minimum atomic E-state index is -1.17. The Morgan fingerprint density at radius 3 is 2.55 bits per heavy atom. The molecule has 4 atom stereocenters. The Labute approximate surface area is 124 Å². The van der Waals surface area contributed by atoms with E-state index in [4.69, 9.17) is 33.0 Å². The van der Waals surface area contributed by atoms with Gasteiger partial charge in [-0.15, -0.1) is 0 Å². The normalized spacial score (nSPS) is 30.2. The number of aliphatic hydroxyl groups excluding tert-OH is 3. The van der Waals surface area contributed by atoms with E-state index in [2.05, 4.69) is 4.98 Å². The van der Waals surface area contributed by atoms with Gasteiger partial charge in [0, 0.05) is 0 Å². The molecule has 2 aromatic rings. The quantitative estimate of drug-likeness (QED) is 0.767. The third-order valence-corrected chi connectivity index (χ3v) is 4.13. The average Bonchev–Trinajstić information content (AvgIpc) is 2.94. The van der Waals surface area contributed by atoms with Crippen molar-refractivity contribution in [1.29, 1.82) is 0 Å². The maximum Gasteiger partial charge on any atom is 0.164 e. The molecule has 1 aliphatic rings. The van der Waals surface area contributed by atoms with E-state index in [0.717, 1.165) is 0 Å². The summed E-state index contributed by atoms with van der Waals surface area (Å²) in [6.07, 6.45) is -2.54. The van der Waals surface area contributed by atoms with Crippen LogP contribution in [-0.4, -0.2) is 49.8 Å². The number of imidazole rings is 1. The number of aliphatic hydroxyl groups is 3. The second-order valence-corrected chi connectivity index (χ2v) is 5.45. The fourth-order valence-electron chi connectivity index (χ4n) is 2.34. The minimum Gasteiger partial charge on any atom is -0.394 e. The van der Waals surface area contributed by atoms with E-state index in [1.807, 2.05) is 0 Å². The Balaban J connectivity index is 2.05. The number of nitrogens with zero attached hydrogens (tertiary/aromatic N) is 2.